The summed E-state index contributed by atoms with van der Waals surface area (Å²) in [6, 6.07) is 9.57. The highest BCUT2D eigenvalue weighted by atomic mass is 32.1. The summed E-state index contributed by atoms with van der Waals surface area (Å²) >= 11 is 4.69. The zero-order valence-corrected chi connectivity index (χ0v) is 13.7. The minimum absolute atomic E-state index is 0.0553. The molecular weight excluding hydrogens is 312 g/mol. The summed E-state index contributed by atoms with van der Waals surface area (Å²) in [6.07, 6.45) is 5.95. The lowest BCUT2D eigenvalue weighted by molar-refractivity contribution is 0.123. The first kappa shape index (κ1) is 17.2. The number of alkyl carbamates (subject to hydrolysis) is 1. The van der Waals surface area contributed by atoms with E-state index in [4.69, 9.17) is 22.7 Å². The molecular formula is C16H22N4O2S. The number of hydrogen-bond acceptors (Lipinski definition) is 4. The number of amides is 1. The Hall–Kier alpha value is -2.15. The lowest BCUT2D eigenvalue weighted by Gasteiger charge is -2.23. The van der Waals surface area contributed by atoms with Crippen molar-refractivity contribution in [3.05, 3.63) is 35.9 Å². The van der Waals surface area contributed by atoms with Crippen molar-refractivity contribution in [2.45, 2.75) is 44.2 Å². The molecule has 0 saturated heterocycles. The first-order valence-electron chi connectivity index (χ1n) is 7.76. The third kappa shape index (κ3) is 6.23. The van der Waals surface area contributed by atoms with Gasteiger partial charge in [-0.2, -0.15) is 5.10 Å². The van der Waals surface area contributed by atoms with Gasteiger partial charge in [0.2, 0.25) is 0 Å². The number of hydrogen-bond donors (Lipinski definition) is 3. The first-order chi connectivity index (χ1) is 11.1. The number of nitrogens with zero attached hydrogens (tertiary/aromatic N) is 1. The van der Waals surface area contributed by atoms with Gasteiger partial charge in [-0.25, -0.2) is 4.79 Å². The highest BCUT2D eigenvalue weighted by molar-refractivity contribution is 7.80. The molecule has 0 spiro atoms. The fraction of sp³-hybridized carbons (Fsp3) is 0.438. The average Bonchev–Trinajstić information content (AvgIpc) is 2.55. The van der Waals surface area contributed by atoms with E-state index < -0.39 is 12.2 Å². The van der Waals surface area contributed by atoms with Crippen LogP contribution >= 0.6 is 12.2 Å². The summed E-state index contributed by atoms with van der Waals surface area (Å²) in [5.41, 5.74) is 8.62. The van der Waals surface area contributed by atoms with Crippen molar-refractivity contribution in [2.24, 2.45) is 10.8 Å². The van der Waals surface area contributed by atoms with Crippen molar-refractivity contribution in [2.75, 3.05) is 0 Å². The van der Waals surface area contributed by atoms with Gasteiger partial charge in [-0.15, -0.1) is 0 Å². The number of carbonyl (C=O) groups is 1. The SMILES string of the molecule is NC(=S)NN=CC(OC(=O)NC1CCCCC1)c1ccccc1. The maximum absolute atomic E-state index is 12.1. The molecule has 23 heavy (non-hydrogen) atoms. The molecule has 0 aromatic heterocycles. The molecule has 1 saturated carbocycles. The predicted molar refractivity (Wildman–Crippen MR) is 94.1 cm³/mol. The second-order valence-corrected chi connectivity index (χ2v) is 5.91. The van der Waals surface area contributed by atoms with Crippen LogP contribution < -0.4 is 16.5 Å². The van der Waals surface area contributed by atoms with E-state index in [1.165, 1.54) is 12.6 Å². The summed E-state index contributed by atoms with van der Waals surface area (Å²) in [6.45, 7) is 0. The third-order valence-electron chi connectivity index (χ3n) is 3.67. The van der Waals surface area contributed by atoms with Crippen LogP contribution in [-0.4, -0.2) is 23.5 Å². The molecule has 1 fully saturated rings. The second kappa shape index (κ2) is 9.09. The molecule has 1 unspecified atom stereocenters. The Balaban J connectivity index is 1.97. The fourth-order valence-electron chi connectivity index (χ4n) is 2.56. The number of hydrazone groups is 1. The summed E-state index contributed by atoms with van der Waals surface area (Å²) in [7, 11) is 0. The maximum atomic E-state index is 12.1. The minimum atomic E-state index is -0.610. The number of thiocarbonyl (C=S) groups is 1. The van der Waals surface area contributed by atoms with E-state index in [-0.39, 0.29) is 11.2 Å². The molecule has 2 rings (SSSR count). The third-order valence-corrected chi connectivity index (χ3v) is 3.77. The van der Waals surface area contributed by atoms with E-state index >= 15 is 0 Å². The maximum Gasteiger partial charge on any atom is 0.408 e. The van der Waals surface area contributed by atoms with E-state index in [0.717, 1.165) is 31.2 Å². The number of ether oxygens (including phenoxy) is 1. The Morgan fingerprint density at radius 1 is 1.30 bits per heavy atom. The van der Waals surface area contributed by atoms with Gasteiger partial charge >= 0.3 is 6.09 Å². The summed E-state index contributed by atoms with van der Waals surface area (Å²) in [5, 5.41) is 6.88. The van der Waals surface area contributed by atoms with Crippen molar-refractivity contribution in [1.29, 1.82) is 0 Å². The Labute approximate surface area is 141 Å². The standard InChI is InChI=1S/C16H22N4O2S/c17-15(23)20-18-11-14(12-7-3-1-4-8-12)22-16(21)19-13-9-5-2-6-10-13/h1,3-4,7-8,11,13-14H,2,5-6,9-10H2,(H,19,21)(H3,17,20,23). The summed E-state index contributed by atoms with van der Waals surface area (Å²) in [5.74, 6) is 0. The normalized spacial score (nSPS) is 16.7. The zero-order valence-electron chi connectivity index (χ0n) is 12.9. The molecule has 124 valence electrons. The molecule has 1 aromatic rings. The molecule has 1 atom stereocenters. The number of carbonyl (C=O) groups excluding carboxylic acids is 1. The first-order valence-corrected chi connectivity index (χ1v) is 8.16. The summed E-state index contributed by atoms with van der Waals surface area (Å²) < 4.78 is 5.50. The molecule has 0 heterocycles. The molecule has 6 nitrogen and oxygen atoms in total. The van der Waals surface area contributed by atoms with Gasteiger partial charge in [0.1, 0.15) is 0 Å². The molecule has 7 heteroatoms. The van der Waals surface area contributed by atoms with Crippen molar-refractivity contribution in [3.8, 4) is 0 Å². The van der Waals surface area contributed by atoms with Crippen molar-refractivity contribution in [1.82, 2.24) is 10.7 Å². The largest absolute Gasteiger partial charge is 0.435 e. The van der Waals surface area contributed by atoms with Crippen LogP contribution in [-0.2, 0) is 4.74 Å². The van der Waals surface area contributed by atoms with Gasteiger partial charge in [-0.1, -0.05) is 49.6 Å². The van der Waals surface area contributed by atoms with Crippen molar-refractivity contribution < 1.29 is 9.53 Å². The van der Waals surface area contributed by atoms with E-state index in [2.05, 4.69) is 15.8 Å². The molecule has 0 aliphatic heterocycles. The van der Waals surface area contributed by atoms with Gasteiger partial charge in [-0.3, -0.25) is 5.43 Å². The molecule has 1 aliphatic rings. The van der Waals surface area contributed by atoms with Crippen LogP contribution in [0.4, 0.5) is 4.79 Å². The highest BCUT2D eigenvalue weighted by Gasteiger charge is 2.19. The van der Waals surface area contributed by atoms with Crippen LogP contribution in [0.25, 0.3) is 0 Å². The smallest absolute Gasteiger partial charge is 0.408 e. The number of rotatable bonds is 5. The van der Waals surface area contributed by atoms with Crippen LogP contribution in [0.3, 0.4) is 0 Å². The second-order valence-electron chi connectivity index (χ2n) is 5.47. The quantitative estimate of drug-likeness (QED) is 0.437. The number of nitrogens with one attached hydrogen (secondary N) is 2. The van der Waals surface area contributed by atoms with E-state index in [1.807, 2.05) is 30.3 Å². The number of benzene rings is 1. The molecule has 1 aromatic carbocycles. The van der Waals surface area contributed by atoms with Gasteiger partial charge in [0.15, 0.2) is 11.2 Å². The van der Waals surface area contributed by atoms with Gasteiger partial charge in [0, 0.05) is 6.04 Å². The van der Waals surface area contributed by atoms with Crippen LogP contribution in [0.2, 0.25) is 0 Å². The average molecular weight is 334 g/mol. The Morgan fingerprint density at radius 3 is 2.65 bits per heavy atom. The Morgan fingerprint density at radius 2 is 2.00 bits per heavy atom. The van der Waals surface area contributed by atoms with Crippen molar-refractivity contribution in [3.63, 3.8) is 0 Å². The van der Waals surface area contributed by atoms with E-state index in [9.17, 15) is 4.79 Å². The highest BCUT2D eigenvalue weighted by Crippen LogP contribution is 2.19. The van der Waals surface area contributed by atoms with Crippen LogP contribution in [0, 0.1) is 0 Å². The van der Waals surface area contributed by atoms with E-state index in [0.29, 0.717) is 0 Å². The monoisotopic (exact) mass is 334 g/mol. The fourth-order valence-corrected chi connectivity index (χ4v) is 2.61. The molecule has 0 radical (unpaired) electrons. The predicted octanol–water partition coefficient (Wildman–Crippen LogP) is 2.61. The van der Waals surface area contributed by atoms with Crippen LogP contribution in [0.5, 0.6) is 0 Å². The van der Waals surface area contributed by atoms with E-state index in [1.54, 1.807) is 0 Å². The lowest BCUT2D eigenvalue weighted by Crippen LogP contribution is -2.37. The number of nitrogens with two attached hydrogens (primary N) is 1. The van der Waals surface area contributed by atoms with Gasteiger partial charge in [0.25, 0.3) is 0 Å². The molecule has 1 aliphatic carbocycles. The lowest BCUT2D eigenvalue weighted by atomic mass is 9.96. The molecule has 1 amide bonds. The topological polar surface area (TPSA) is 88.7 Å². The summed E-state index contributed by atoms with van der Waals surface area (Å²) in [4.78, 5) is 12.1. The zero-order chi connectivity index (χ0) is 16.5. The Kier molecular flexibility index (Phi) is 6.80. The Bertz CT molecular complexity index is 544. The molecule has 0 bridgehead atoms. The van der Waals surface area contributed by atoms with Gasteiger partial charge in [-0.05, 0) is 30.6 Å². The molecule has 4 N–H and O–H groups in total. The van der Waals surface area contributed by atoms with Crippen LogP contribution in [0.1, 0.15) is 43.8 Å². The van der Waals surface area contributed by atoms with Gasteiger partial charge in [0.05, 0.1) is 6.21 Å². The van der Waals surface area contributed by atoms with Gasteiger partial charge < -0.3 is 15.8 Å². The van der Waals surface area contributed by atoms with Crippen LogP contribution in [0.15, 0.2) is 35.4 Å². The minimum Gasteiger partial charge on any atom is -0.435 e. The van der Waals surface area contributed by atoms with Crippen molar-refractivity contribution >= 4 is 29.6 Å².